The maximum atomic E-state index is 12.3. The minimum absolute atomic E-state index is 0.0389. The van der Waals surface area contributed by atoms with Gasteiger partial charge in [0.25, 0.3) is 0 Å². The van der Waals surface area contributed by atoms with Gasteiger partial charge in [0.05, 0.1) is 13.2 Å². The van der Waals surface area contributed by atoms with Crippen LogP contribution in [0.15, 0.2) is 18.2 Å². The Hall–Kier alpha value is -2.08. The molecule has 1 atom stereocenters. The molecule has 0 aliphatic carbocycles. The quantitative estimate of drug-likeness (QED) is 0.836. The van der Waals surface area contributed by atoms with E-state index in [2.05, 4.69) is 28.4 Å². The van der Waals surface area contributed by atoms with E-state index in [1.165, 1.54) is 30.3 Å². The van der Waals surface area contributed by atoms with Crippen molar-refractivity contribution in [3.8, 4) is 0 Å². The molecule has 1 N–H and O–H groups in total. The van der Waals surface area contributed by atoms with E-state index in [1.54, 1.807) is 7.05 Å². The highest BCUT2D eigenvalue weighted by Crippen LogP contribution is 2.39. The van der Waals surface area contributed by atoms with Crippen molar-refractivity contribution in [2.45, 2.75) is 38.1 Å². The van der Waals surface area contributed by atoms with E-state index in [0.717, 1.165) is 31.0 Å². The summed E-state index contributed by atoms with van der Waals surface area (Å²) in [7, 11) is 2.98. The van der Waals surface area contributed by atoms with E-state index in [4.69, 9.17) is 4.84 Å². The molecule has 0 spiro atoms. The molecule has 0 fully saturated rings. The van der Waals surface area contributed by atoms with E-state index in [-0.39, 0.29) is 30.7 Å². The number of rotatable bonds is 5. The number of aryl methyl sites for hydroxylation is 1. The van der Waals surface area contributed by atoms with Crippen LogP contribution >= 0.6 is 0 Å². The molecular weight excluding hydrogens is 306 g/mol. The van der Waals surface area contributed by atoms with Crippen LogP contribution < -0.4 is 10.2 Å². The van der Waals surface area contributed by atoms with Crippen molar-refractivity contribution in [3.63, 3.8) is 0 Å². The molecule has 2 amide bonds. The Morgan fingerprint density at radius 2 is 2.17 bits per heavy atom. The third kappa shape index (κ3) is 3.38. The highest BCUT2D eigenvalue weighted by atomic mass is 16.7. The molecule has 0 saturated heterocycles. The lowest BCUT2D eigenvalue weighted by atomic mass is 9.89. The average Bonchev–Trinajstić information content (AvgIpc) is 2.61. The lowest BCUT2D eigenvalue weighted by Crippen LogP contribution is -2.40. The minimum atomic E-state index is -0.195. The first kappa shape index (κ1) is 16.8. The molecule has 1 aromatic carbocycles. The Bertz CT molecular complexity index is 632. The Kier molecular flexibility index (Phi) is 5.04. The van der Waals surface area contributed by atoms with Gasteiger partial charge in [-0.25, -0.2) is 5.06 Å². The number of nitrogens with zero attached hydrogens (tertiary/aromatic N) is 2. The van der Waals surface area contributed by atoms with Crippen LogP contribution in [0, 0.1) is 0 Å². The van der Waals surface area contributed by atoms with Crippen molar-refractivity contribution in [2.75, 3.05) is 32.1 Å². The van der Waals surface area contributed by atoms with Crippen LogP contribution in [0.25, 0.3) is 0 Å². The molecule has 0 aromatic heterocycles. The molecular formula is C18H25N3O3. The van der Waals surface area contributed by atoms with Gasteiger partial charge in [-0.3, -0.25) is 14.4 Å². The lowest BCUT2D eigenvalue weighted by molar-refractivity contribution is -0.169. The fraction of sp³-hybridized carbons (Fsp3) is 0.556. The molecule has 0 radical (unpaired) electrons. The van der Waals surface area contributed by atoms with Gasteiger partial charge in [0.1, 0.15) is 0 Å². The van der Waals surface area contributed by atoms with Crippen LogP contribution in [0.2, 0.25) is 0 Å². The van der Waals surface area contributed by atoms with Gasteiger partial charge in [-0.05, 0) is 30.4 Å². The molecule has 2 heterocycles. The Morgan fingerprint density at radius 3 is 2.96 bits per heavy atom. The van der Waals surface area contributed by atoms with E-state index >= 15 is 0 Å². The van der Waals surface area contributed by atoms with Gasteiger partial charge in [-0.2, -0.15) is 0 Å². The number of hydrogen-bond acceptors (Lipinski definition) is 4. The normalized spacial score (nSPS) is 18.8. The highest BCUT2D eigenvalue weighted by molar-refractivity contribution is 5.83. The van der Waals surface area contributed by atoms with Crippen molar-refractivity contribution in [3.05, 3.63) is 29.3 Å². The molecule has 2 aliphatic heterocycles. The van der Waals surface area contributed by atoms with Crippen LogP contribution in [-0.2, 0) is 20.8 Å². The summed E-state index contributed by atoms with van der Waals surface area (Å²) >= 11 is 0. The first-order valence-electron chi connectivity index (χ1n) is 8.57. The van der Waals surface area contributed by atoms with Crippen LogP contribution in [0.1, 0.15) is 42.9 Å². The first-order valence-corrected chi connectivity index (χ1v) is 8.57. The van der Waals surface area contributed by atoms with E-state index < -0.39 is 0 Å². The summed E-state index contributed by atoms with van der Waals surface area (Å²) in [5.74, 6) is -0.278. The number of anilines is 1. The lowest BCUT2D eigenvalue weighted by Gasteiger charge is -2.40. The maximum Gasteiger partial charge on any atom is 0.246 e. The van der Waals surface area contributed by atoms with Crippen molar-refractivity contribution in [2.24, 2.45) is 0 Å². The minimum Gasteiger partial charge on any atom is -0.371 e. The summed E-state index contributed by atoms with van der Waals surface area (Å²) < 4.78 is 0. The summed E-state index contributed by atoms with van der Waals surface area (Å²) in [6, 6.07) is 6.43. The maximum absolute atomic E-state index is 12.3. The van der Waals surface area contributed by atoms with Gasteiger partial charge in [-0.1, -0.05) is 18.2 Å². The number of carbonyl (C=O) groups excluding carboxylic acids is 2. The van der Waals surface area contributed by atoms with Crippen molar-refractivity contribution in [1.29, 1.82) is 0 Å². The van der Waals surface area contributed by atoms with Crippen molar-refractivity contribution < 1.29 is 14.4 Å². The fourth-order valence-corrected chi connectivity index (χ4v) is 3.61. The average molecular weight is 331 g/mol. The van der Waals surface area contributed by atoms with E-state index in [0.29, 0.717) is 0 Å². The first-order chi connectivity index (χ1) is 11.6. The molecule has 6 heteroatoms. The topological polar surface area (TPSA) is 61.9 Å². The Labute approximate surface area is 142 Å². The SMILES string of the molecule is CON(C)C(=O)CCC(=O)NC1CCN2CCCc3cccc1c32. The predicted octanol–water partition coefficient (Wildman–Crippen LogP) is 1.80. The third-order valence-corrected chi connectivity index (χ3v) is 4.93. The zero-order valence-corrected chi connectivity index (χ0v) is 14.4. The number of hydroxylamine groups is 2. The van der Waals surface area contributed by atoms with Crippen LogP contribution in [0.3, 0.4) is 0 Å². The molecule has 3 rings (SSSR count). The fourth-order valence-electron chi connectivity index (χ4n) is 3.61. The Balaban J connectivity index is 1.64. The van der Waals surface area contributed by atoms with Crippen molar-refractivity contribution in [1.82, 2.24) is 10.4 Å². The van der Waals surface area contributed by atoms with Gasteiger partial charge in [-0.15, -0.1) is 0 Å². The monoisotopic (exact) mass is 331 g/mol. The molecule has 2 aliphatic rings. The number of para-hydroxylation sites is 1. The number of hydrogen-bond donors (Lipinski definition) is 1. The standard InChI is InChI=1S/C18H25N3O3/c1-20(24-2)17(23)9-8-16(22)19-15-10-12-21-11-4-6-13-5-3-7-14(15)18(13)21/h3,5,7,15H,4,6,8-12H2,1-2H3,(H,19,22). The molecule has 6 nitrogen and oxygen atoms in total. The van der Waals surface area contributed by atoms with Gasteiger partial charge in [0.2, 0.25) is 11.8 Å². The van der Waals surface area contributed by atoms with Gasteiger partial charge in [0, 0.05) is 38.7 Å². The van der Waals surface area contributed by atoms with Crippen molar-refractivity contribution >= 4 is 17.5 Å². The zero-order valence-electron chi connectivity index (χ0n) is 14.4. The number of nitrogens with one attached hydrogen (secondary N) is 1. The molecule has 24 heavy (non-hydrogen) atoms. The number of carbonyl (C=O) groups is 2. The largest absolute Gasteiger partial charge is 0.371 e. The van der Waals surface area contributed by atoms with Gasteiger partial charge in [0.15, 0.2) is 0 Å². The highest BCUT2D eigenvalue weighted by Gasteiger charge is 2.29. The number of amides is 2. The summed E-state index contributed by atoms with van der Waals surface area (Å²) in [4.78, 5) is 31.2. The van der Waals surface area contributed by atoms with E-state index in [9.17, 15) is 9.59 Å². The van der Waals surface area contributed by atoms with E-state index in [1.807, 2.05) is 0 Å². The van der Waals surface area contributed by atoms with Gasteiger partial charge >= 0.3 is 0 Å². The summed E-state index contributed by atoms with van der Waals surface area (Å²) in [6.07, 6.45) is 3.55. The third-order valence-electron chi connectivity index (χ3n) is 4.93. The zero-order chi connectivity index (χ0) is 17.1. The summed E-state index contributed by atoms with van der Waals surface area (Å²) in [6.45, 7) is 2.07. The predicted molar refractivity (Wildman–Crippen MR) is 91.5 cm³/mol. The molecule has 130 valence electrons. The molecule has 1 aromatic rings. The van der Waals surface area contributed by atoms with Crippen LogP contribution in [-0.4, -0.2) is 44.1 Å². The second-order valence-corrected chi connectivity index (χ2v) is 6.43. The second kappa shape index (κ2) is 7.21. The smallest absolute Gasteiger partial charge is 0.246 e. The number of benzene rings is 1. The summed E-state index contributed by atoms with van der Waals surface area (Å²) in [5.41, 5.74) is 3.91. The summed E-state index contributed by atoms with van der Waals surface area (Å²) in [5, 5.41) is 4.26. The molecule has 0 saturated carbocycles. The molecule has 1 unspecified atom stereocenters. The van der Waals surface area contributed by atoms with Gasteiger partial charge < -0.3 is 10.2 Å². The van der Waals surface area contributed by atoms with Crippen LogP contribution in [0.5, 0.6) is 0 Å². The van der Waals surface area contributed by atoms with Crippen LogP contribution in [0.4, 0.5) is 5.69 Å². The Morgan fingerprint density at radius 1 is 1.33 bits per heavy atom. The second-order valence-electron chi connectivity index (χ2n) is 6.43. The molecule has 0 bridgehead atoms.